The number of nitrogens with zero attached hydrogens (tertiary/aromatic N) is 1. The van der Waals surface area contributed by atoms with Crippen LogP contribution in [0.25, 0.3) is 0 Å². The van der Waals surface area contributed by atoms with Gasteiger partial charge in [0.05, 0.1) is 17.6 Å². The number of aliphatic carboxylic acids is 1. The Bertz CT molecular complexity index is 659. The molecule has 0 spiro atoms. The van der Waals surface area contributed by atoms with Gasteiger partial charge < -0.3 is 5.11 Å². The minimum absolute atomic E-state index is 0.338. The van der Waals surface area contributed by atoms with Crippen LogP contribution in [0.1, 0.15) is 22.6 Å². The first kappa shape index (κ1) is 14.1. The van der Waals surface area contributed by atoms with Crippen molar-refractivity contribution in [3.63, 3.8) is 0 Å². The molecule has 0 heterocycles. The number of halogens is 1. The average Bonchev–Trinajstić information content (AvgIpc) is 2.46. The van der Waals surface area contributed by atoms with Crippen LogP contribution >= 0.6 is 11.6 Å². The summed E-state index contributed by atoms with van der Waals surface area (Å²) in [5.74, 6) is -1.61. The second kappa shape index (κ2) is 6.23. The Morgan fingerprint density at radius 2 is 1.85 bits per heavy atom. The highest BCUT2D eigenvalue weighted by molar-refractivity contribution is 6.31. The molecule has 0 fully saturated rings. The van der Waals surface area contributed by atoms with Gasteiger partial charge in [0.25, 0.3) is 0 Å². The molecule has 0 aliphatic rings. The van der Waals surface area contributed by atoms with E-state index in [1.54, 1.807) is 48.5 Å². The third-order valence-electron chi connectivity index (χ3n) is 3.10. The Balaban J connectivity index is 2.29. The lowest BCUT2D eigenvalue weighted by molar-refractivity contribution is -0.138. The Labute approximate surface area is 122 Å². The van der Waals surface area contributed by atoms with Crippen LogP contribution < -0.4 is 0 Å². The van der Waals surface area contributed by atoms with E-state index in [-0.39, 0.29) is 0 Å². The summed E-state index contributed by atoms with van der Waals surface area (Å²) in [6.45, 7) is 0. The van der Waals surface area contributed by atoms with Crippen molar-refractivity contribution < 1.29 is 9.90 Å². The van der Waals surface area contributed by atoms with Crippen LogP contribution in [0, 0.1) is 11.3 Å². The topological polar surface area (TPSA) is 61.1 Å². The fraction of sp³-hybridized carbons (Fsp3) is 0.125. The monoisotopic (exact) mass is 285 g/mol. The Morgan fingerprint density at radius 3 is 2.40 bits per heavy atom. The minimum Gasteiger partial charge on any atom is -0.481 e. The van der Waals surface area contributed by atoms with Crippen molar-refractivity contribution in [1.29, 1.82) is 5.26 Å². The molecule has 100 valence electrons. The summed E-state index contributed by atoms with van der Waals surface area (Å²) in [6, 6.07) is 15.9. The quantitative estimate of drug-likeness (QED) is 0.933. The number of benzene rings is 2. The summed E-state index contributed by atoms with van der Waals surface area (Å²) in [6.07, 6.45) is 0.338. The third-order valence-corrected chi connectivity index (χ3v) is 3.45. The molecule has 0 bridgehead atoms. The maximum atomic E-state index is 11.5. The first-order valence-corrected chi connectivity index (χ1v) is 6.46. The molecule has 20 heavy (non-hydrogen) atoms. The van der Waals surface area contributed by atoms with E-state index in [4.69, 9.17) is 16.9 Å². The highest BCUT2D eigenvalue weighted by atomic mass is 35.5. The van der Waals surface area contributed by atoms with Crippen molar-refractivity contribution in [3.8, 4) is 6.07 Å². The van der Waals surface area contributed by atoms with Gasteiger partial charge in [-0.1, -0.05) is 41.9 Å². The van der Waals surface area contributed by atoms with E-state index in [1.165, 1.54) is 0 Å². The van der Waals surface area contributed by atoms with Gasteiger partial charge in [-0.3, -0.25) is 4.79 Å². The maximum Gasteiger partial charge on any atom is 0.311 e. The van der Waals surface area contributed by atoms with Gasteiger partial charge in [0.2, 0.25) is 0 Å². The van der Waals surface area contributed by atoms with Crippen LogP contribution in [0.4, 0.5) is 0 Å². The number of hydrogen-bond donors (Lipinski definition) is 1. The van der Waals surface area contributed by atoms with E-state index in [2.05, 4.69) is 0 Å². The smallest absolute Gasteiger partial charge is 0.311 e. The summed E-state index contributed by atoms with van der Waals surface area (Å²) < 4.78 is 0. The molecule has 0 radical (unpaired) electrons. The molecule has 4 heteroatoms. The van der Waals surface area contributed by atoms with Crippen molar-refractivity contribution in [1.82, 2.24) is 0 Å². The fourth-order valence-electron chi connectivity index (χ4n) is 2.04. The molecule has 0 saturated heterocycles. The highest BCUT2D eigenvalue weighted by Gasteiger charge is 2.22. The second-order valence-electron chi connectivity index (χ2n) is 4.43. The summed E-state index contributed by atoms with van der Waals surface area (Å²) in [5.41, 5.74) is 2.01. The maximum absolute atomic E-state index is 11.5. The van der Waals surface area contributed by atoms with Gasteiger partial charge in [-0.15, -0.1) is 0 Å². The van der Waals surface area contributed by atoms with E-state index in [9.17, 15) is 9.90 Å². The number of hydrogen-bond acceptors (Lipinski definition) is 2. The van der Waals surface area contributed by atoms with Gasteiger partial charge >= 0.3 is 5.97 Å². The molecule has 2 aromatic rings. The van der Waals surface area contributed by atoms with Gasteiger partial charge in [-0.05, 0) is 35.7 Å². The van der Waals surface area contributed by atoms with E-state index in [0.717, 1.165) is 5.56 Å². The number of carbonyl (C=O) groups is 1. The molecule has 2 aromatic carbocycles. The van der Waals surface area contributed by atoms with E-state index >= 15 is 0 Å². The van der Waals surface area contributed by atoms with Crippen molar-refractivity contribution >= 4 is 17.6 Å². The fourth-order valence-corrected chi connectivity index (χ4v) is 2.31. The molecule has 0 amide bonds. The molecule has 1 atom stereocenters. The first-order chi connectivity index (χ1) is 9.61. The van der Waals surface area contributed by atoms with Gasteiger partial charge in [-0.25, -0.2) is 0 Å². The van der Waals surface area contributed by atoms with Crippen LogP contribution in [0.15, 0.2) is 48.5 Å². The SMILES string of the molecule is N#Cc1ccc(CC(C(=O)O)c2ccccc2Cl)cc1. The predicted molar refractivity (Wildman–Crippen MR) is 76.7 cm³/mol. The summed E-state index contributed by atoms with van der Waals surface area (Å²) in [5, 5.41) is 18.6. The highest BCUT2D eigenvalue weighted by Crippen LogP contribution is 2.27. The Hall–Kier alpha value is -2.31. The molecule has 1 N–H and O–H groups in total. The zero-order chi connectivity index (χ0) is 14.5. The molecular formula is C16H12ClNO2. The van der Waals surface area contributed by atoms with Crippen molar-refractivity contribution in [3.05, 3.63) is 70.2 Å². The third kappa shape index (κ3) is 3.17. The van der Waals surface area contributed by atoms with Crippen LogP contribution in [0.5, 0.6) is 0 Å². The van der Waals surface area contributed by atoms with Gasteiger partial charge in [0.15, 0.2) is 0 Å². The van der Waals surface area contributed by atoms with E-state index < -0.39 is 11.9 Å². The lowest BCUT2D eigenvalue weighted by Crippen LogP contribution is -2.15. The molecule has 0 aliphatic heterocycles. The normalized spacial score (nSPS) is 11.6. The Morgan fingerprint density at radius 1 is 1.20 bits per heavy atom. The van der Waals surface area contributed by atoms with Gasteiger partial charge in [0.1, 0.15) is 0 Å². The van der Waals surface area contributed by atoms with Crippen LogP contribution in [-0.4, -0.2) is 11.1 Å². The zero-order valence-electron chi connectivity index (χ0n) is 10.6. The lowest BCUT2D eigenvalue weighted by Gasteiger charge is -2.14. The van der Waals surface area contributed by atoms with E-state index in [0.29, 0.717) is 22.6 Å². The zero-order valence-corrected chi connectivity index (χ0v) is 11.3. The molecule has 2 rings (SSSR count). The number of rotatable bonds is 4. The first-order valence-electron chi connectivity index (χ1n) is 6.08. The van der Waals surface area contributed by atoms with Crippen molar-refractivity contribution in [2.45, 2.75) is 12.3 Å². The summed E-state index contributed by atoms with van der Waals surface area (Å²) in [7, 11) is 0. The number of carboxylic acids is 1. The van der Waals surface area contributed by atoms with Crippen molar-refractivity contribution in [2.75, 3.05) is 0 Å². The second-order valence-corrected chi connectivity index (χ2v) is 4.83. The predicted octanol–water partition coefficient (Wildman–Crippen LogP) is 3.62. The molecule has 1 unspecified atom stereocenters. The van der Waals surface area contributed by atoms with Crippen molar-refractivity contribution in [2.24, 2.45) is 0 Å². The Kier molecular flexibility index (Phi) is 4.39. The standard InChI is InChI=1S/C16H12ClNO2/c17-15-4-2-1-3-13(15)14(16(19)20)9-11-5-7-12(10-18)8-6-11/h1-8,14H,9H2,(H,19,20). The van der Waals surface area contributed by atoms with Crippen LogP contribution in [0.3, 0.4) is 0 Å². The van der Waals surface area contributed by atoms with Crippen LogP contribution in [-0.2, 0) is 11.2 Å². The molecule has 3 nitrogen and oxygen atoms in total. The largest absolute Gasteiger partial charge is 0.481 e. The molecule has 0 aliphatic carbocycles. The van der Waals surface area contributed by atoms with E-state index in [1.807, 2.05) is 6.07 Å². The van der Waals surface area contributed by atoms with Gasteiger partial charge in [0, 0.05) is 5.02 Å². The number of nitriles is 1. The summed E-state index contributed by atoms with van der Waals surface area (Å²) in [4.78, 5) is 11.5. The minimum atomic E-state index is -0.914. The number of carboxylic acid groups (broad SMARTS) is 1. The molecule has 0 aromatic heterocycles. The van der Waals surface area contributed by atoms with Gasteiger partial charge in [-0.2, -0.15) is 5.26 Å². The average molecular weight is 286 g/mol. The molecular weight excluding hydrogens is 274 g/mol. The molecule has 0 saturated carbocycles. The summed E-state index contributed by atoms with van der Waals surface area (Å²) >= 11 is 6.07. The lowest BCUT2D eigenvalue weighted by atomic mass is 9.92. The van der Waals surface area contributed by atoms with Crippen LogP contribution in [0.2, 0.25) is 5.02 Å².